The highest BCUT2D eigenvalue weighted by Crippen LogP contribution is 2.29. The van der Waals surface area contributed by atoms with Crippen molar-refractivity contribution in [3.63, 3.8) is 0 Å². The number of aromatic amines is 1. The molecule has 0 radical (unpaired) electrons. The lowest BCUT2D eigenvalue weighted by molar-refractivity contribution is -0.138. The average molecular weight is 236 g/mol. The molecule has 1 heterocycles. The molecule has 2 atom stereocenters. The van der Waals surface area contributed by atoms with Gasteiger partial charge in [0.15, 0.2) is 0 Å². The number of rotatable bonds is 3. The summed E-state index contributed by atoms with van der Waals surface area (Å²) in [5.74, 6) is -1.93. The van der Waals surface area contributed by atoms with Gasteiger partial charge in [-0.3, -0.25) is 4.79 Å². The predicted molar refractivity (Wildman–Crippen MR) is 62.3 cm³/mol. The molecule has 1 unspecified atom stereocenters. The average Bonchev–Trinajstić information content (AvgIpc) is 2.72. The molecule has 0 bridgehead atoms. The molecular weight excluding hydrogens is 223 g/mol. The Labute approximate surface area is 97.2 Å². The van der Waals surface area contributed by atoms with Crippen LogP contribution in [0, 0.1) is 5.82 Å². The molecule has 0 saturated heterocycles. The van der Waals surface area contributed by atoms with Crippen molar-refractivity contribution in [3.05, 3.63) is 35.8 Å². The number of nitrogens with one attached hydrogen (secondary N) is 1. The van der Waals surface area contributed by atoms with Gasteiger partial charge in [-0.25, -0.2) is 4.39 Å². The standard InChI is InChI=1S/C12H13FN2O2/c1-6(11(14)12(16)17)7-5-15-9-4-2-3-8(13)10(7)9/h2-6,11,15H,14H2,1H3,(H,16,17)/t6?,11-/m0/s1. The molecule has 0 amide bonds. The Kier molecular flexibility index (Phi) is 2.85. The number of aromatic nitrogens is 1. The topological polar surface area (TPSA) is 79.1 Å². The van der Waals surface area contributed by atoms with Crippen LogP contribution in [-0.2, 0) is 4.79 Å². The highest BCUT2D eigenvalue weighted by atomic mass is 19.1. The zero-order valence-electron chi connectivity index (χ0n) is 9.27. The van der Waals surface area contributed by atoms with E-state index in [0.29, 0.717) is 16.5 Å². The zero-order chi connectivity index (χ0) is 12.6. The van der Waals surface area contributed by atoms with E-state index in [2.05, 4.69) is 4.98 Å². The highest BCUT2D eigenvalue weighted by Gasteiger charge is 2.24. The number of carboxylic acids is 1. The van der Waals surface area contributed by atoms with Gasteiger partial charge in [-0.2, -0.15) is 0 Å². The molecule has 0 aliphatic carbocycles. The molecule has 2 rings (SSSR count). The SMILES string of the molecule is CC(c1c[nH]c2cccc(F)c12)[C@H](N)C(=O)O. The molecule has 5 heteroatoms. The van der Waals surface area contributed by atoms with Gasteiger partial charge in [0, 0.05) is 23.0 Å². The summed E-state index contributed by atoms with van der Waals surface area (Å²) in [6, 6.07) is 3.63. The Bertz CT molecular complexity index is 565. The van der Waals surface area contributed by atoms with Crippen LogP contribution in [0.2, 0.25) is 0 Å². The lowest BCUT2D eigenvalue weighted by atomic mass is 9.93. The third kappa shape index (κ3) is 1.89. The third-order valence-corrected chi connectivity index (χ3v) is 3.00. The molecule has 0 aliphatic rings. The summed E-state index contributed by atoms with van der Waals surface area (Å²) in [7, 11) is 0. The summed E-state index contributed by atoms with van der Waals surface area (Å²) in [6.45, 7) is 1.67. The summed E-state index contributed by atoms with van der Waals surface area (Å²) < 4.78 is 13.7. The molecule has 2 aromatic rings. The molecule has 0 saturated carbocycles. The van der Waals surface area contributed by atoms with Crippen LogP contribution in [0.5, 0.6) is 0 Å². The van der Waals surface area contributed by atoms with Crippen molar-refractivity contribution in [1.82, 2.24) is 4.98 Å². The van der Waals surface area contributed by atoms with E-state index in [1.54, 1.807) is 25.3 Å². The lowest BCUT2D eigenvalue weighted by Crippen LogP contribution is -2.35. The van der Waals surface area contributed by atoms with E-state index in [1.165, 1.54) is 6.07 Å². The van der Waals surface area contributed by atoms with Crippen LogP contribution in [0.1, 0.15) is 18.4 Å². The number of hydrogen-bond acceptors (Lipinski definition) is 2. The molecule has 0 aliphatic heterocycles. The minimum absolute atomic E-state index is 0.372. The number of carboxylic acid groups (broad SMARTS) is 1. The zero-order valence-corrected chi connectivity index (χ0v) is 9.27. The van der Waals surface area contributed by atoms with Crippen molar-refractivity contribution >= 4 is 16.9 Å². The van der Waals surface area contributed by atoms with Gasteiger partial charge in [0.25, 0.3) is 0 Å². The van der Waals surface area contributed by atoms with Gasteiger partial charge in [0.2, 0.25) is 0 Å². The maximum atomic E-state index is 13.7. The van der Waals surface area contributed by atoms with Gasteiger partial charge in [-0.15, -0.1) is 0 Å². The van der Waals surface area contributed by atoms with Crippen molar-refractivity contribution in [1.29, 1.82) is 0 Å². The number of aliphatic carboxylic acids is 1. The molecule has 1 aromatic heterocycles. The molecular formula is C12H13FN2O2. The molecule has 17 heavy (non-hydrogen) atoms. The molecule has 0 fully saturated rings. The second kappa shape index (κ2) is 4.18. The summed E-state index contributed by atoms with van der Waals surface area (Å²) >= 11 is 0. The second-order valence-corrected chi connectivity index (χ2v) is 4.06. The van der Waals surface area contributed by atoms with Gasteiger partial charge in [-0.1, -0.05) is 13.0 Å². The maximum absolute atomic E-state index is 13.7. The first-order valence-corrected chi connectivity index (χ1v) is 5.26. The highest BCUT2D eigenvalue weighted by molar-refractivity contribution is 5.85. The minimum atomic E-state index is -1.09. The van der Waals surface area contributed by atoms with Crippen LogP contribution in [0.3, 0.4) is 0 Å². The molecule has 0 spiro atoms. The number of H-pyrrole nitrogens is 1. The van der Waals surface area contributed by atoms with Crippen molar-refractivity contribution in [2.45, 2.75) is 18.9 Å². The smallest absolute Gasteiger partial charge is 0.321 e. The first-order chi connectivity index (χ1) is 8.02. The second-order valence-electron chi connectivity index (χ2n) is 4.06. The van der Waals surface area contributed by atoms with Gasteiger partial charge in [0.05, 0.1) is 0 Å². The number of fused-ring (bicyclic) bond motifs is 1. The number of carbonyl (C=O) groups is 1. The van der Waals surface area contributed by atoms with Crippen LogP contribution >= 0.6 is 0 Å². The monoisotopic (exact) mass is 236 g/mol. The summed E-state index contributed by atoms with van der Waals surface area (Å²) in [6.07, 6.45) is 1.61. The molecule has 1 aromatic carbocycles. The van der Waals surface area contributed by atoms with E-state index in [4.69, 9.17) is 10.8 Å². The van der Waals surface area contributed by atoms with E-state index in [1.807, 2.05) is 0 Å². The fourth-order valence-electron chi connectivity index (χ4n) is 1.93. The summed E-state index contributed by atoms with van der Waals surface area (Å²) in [5, 5.41) is 9.28. The number of benzene rings is 1. The van der Waals surface area contributed by atoms with Crippen molar-refractivity contribution in [3.8, 4) is 0 Å². The lowest BCUT2D eigenvalue weighted by Gasteiger charge is -2.15. The number of halogens is 1. The van der Waals surface area contributed by atoms with E-state index in [9.17, 15) is 9.18 Å². The maximum Gasteiger partial charge on any atom is 0.321 e. The van der Waals surface area contributed by atoms with Crippen LogP contribution in [-0.4, -0.2) is 22.1 Å². The Morgan fingerprint density at radius 1 is 1.53 bits per heavy atom. The van der Waals surface area contributed by atoms with E-state index >= 15 is 0 Å². The Balaban J connectivity index is 2.52. The van der Waals surface area contributed by atoms with Crippen LogP contribution in [0.25, 0.3) is 10.9 Å². The van der Waals surface area contributed by atoms with Crippen molar-refractivity contribution in [2.75, 3.05) is 0 Å². The normalized spacial score (nSPS) is 14.8. The van der Waals surface area contributed by atoms with Crippen LogP contribution in [0.4, 0.5) is 4.39 Å². The number of hydrogen-bond donors (Lipinski definition) is 3. The van der Waals surface area contributed by atoms with Gasteiger partial charge < -0.3 is 15.8 Å². The quantitative estimate of drug-likeness (QED) is 0.760. The van der Waals surface area contributed by atoms with Crippen molar-refractivity contribution in [2.24, 2.45) is 5.73 Å². The van der Waals surface area contributed by atoms with Crippen LogP contribution < -0.4 is 5.73 Å². The fraction of sp³-hybridized carbons (Fsp3) is 0.250. The Morgan fingerprint density at radius 2 is 2.24 bits per heavy atom. The van der Waals surface area contributed by atoms with Crippen molar-refractivity contribution < 1.29 is 14.3 Å². The summed E-state index contributed by atoms with van der Waals surface area (Å²) in [5.41, 5.74) is 6.79. The molecule has 4 N–H and O–H groups in total. The van der Waals surface area contributed by atoms with E-state index in [-0.39, 0.29) is 5.82 Å². The first-order valence-electron chi connectivity index (χ1n) is 5.26. The third-order valence-electron chi connectivity index (χ3n) is 3.00. The van der Waals surface area contributed by atoms with Gasteiger partial charge in [0.1, 0.15) is 11.9 Å². The largest absolute Gasteiger partial charge is 0.480 e. The fourth-order valence-corrected chi connectivity index (χ4v) is 1.93. The minimum Gasteiger partial charge on any atom is -0.480 e. The van der Waals surface area contributed by atoms with Crippen LogP contribution in [0.15, 0.2) is 24.4 Å². The Hall–Kier alpha value is -1.88. The van der Waals surface area contributed by atoms with E-state index in [0.717, 1.165) is 0 Å². The van der Waals surface area contributed by atoms with Gasteiger partial charge in [-0.05, 0) is 17.7 Å². The molecule has 90 valence electrons. The van der Waals surface area contributed by atoms with Gasteiger partial charge >= 0.3 is 5.97 Å². The first kappa shape index (κ1) is 11.6. The van der Waals surface area contributed by atoms with E-state index < -0.39 is 17.9 Å². The molecule has 4 nitrogen and oxygen atoms in total. The summed E-state index contributed by atoms with van der Waals surface area (Å²) in [4.78, 5) is 13.7. The predicted octanol–water partition coefficient (Wildman–Crippen LogP) is 1.82. The Morgan fingerprint density at radius 3 is 2.88 bits per heavy atom. The number of nitrogens with two attached hydrogens (primary N) is 1.